The molecule has 0 radical (unpaired) electrons. The predicted octanol–water partition coefficient (Wildman–Crippen LogP) is -0.951. The molecule has 0 aliphatic carbocycles. The molecule has 27 heavy (non-hydrogen) atoms. The Kier molecular flexibility index (Phi) is 4.43. The lowest BCUT2D eigenvalue weighted by atomic mass is 9.97. The SMILES string of the molecule is NCC1c2nn(C(=O)C3CCNCC3)cc2[C@H]2CN1C(=O)N2OS(=O)(=O)O. The molecule has 2 bridgehead atoms. The van der Waals surface area contributed by atoms with Crippen molar-refractivity contribution in [1.82, 2.24) is 25.1 Å². The molecule has 2 fully saturated rings. The minimum absolute atomic E-state index is 0.0454. The predicted molar refractivity (Wildman–Crippen MR) is 89.6 cm³/mol. The molecule has 2 saturated heterocycles. The molecule has 0 saturated carbocycles. The molecule has 0 spiro atoms. The number of nitrogens with one attached hydrogen (secondary N) is 1. The number of carbonyl (C=O) groups excluding carboxylic acids is 2. The van der Waals surface area contributed by atoms with Gasteiger partial charge in [0, 0.05) is 24.2 Å². The third-order valence-corrected chi connectivity index (χ3v) is 5.57. The molecule has 4 rings (SSSR count). The van der Waals surface area contributed by atoms with Gasteiger partial charge in [0.05, 0.1) is 18.3 Å². The molecule has 4 N–H and O–H groups in total. The first kappa shape index (κ1) is 18.3. The molecule has 3 aliphatic rings. The second-order valence-electron chi connectivity index (χ2n) is 6.81. The third kappa shape index (κ3) is 3.10. The number of carbonyl (C=O) groups is 2. The first-order chi connectivity index (χ1) is 12.8. The molecule has 148 valence electrons. The van der Waals surface area contributed by atoms with Crippen LogP contribution in [0.5, 0.6) is 0 Å². The van der Waals surface area contributed by atoms with Gasteiger partial charge in [-0.1, -0.05) is 0 Å². The summed E-state index contributed by atoms with van der Waals surface area (Å²) in [6, 6.07) is -2.16. The van der Waals surface area contributed by atoms with Crippen LogP contribution < -0.4 is 11.1 Å². The number of hydrogen-bond acceptors (Lipinski definition) is 8. The van der Waals surface area contributed by atoms with Crippen molar-refractivity contribution in [3.63, 3.8) is 0 Å². The lowest BCUT2D eigenvalue weighted by Crippen LogP contribution is -2.38. The fourth-order valence-electron chi connectivity index (χ4n) is 3.94. The fourth-order valence-corrected chi connectivity index (χ4v) is 4.31. The van der Waals surface area contributed by atoms with Crippen LogP contribution in [0.15, 0.2) is 6.20 Å². The van der Waals surface area contributed by atoms with Crippen molar-refractivity contribution >= 4 is 22.3 Å². The van der Waals surface area contributed by atoms with E-state index in [9.17, 15) is 18.0 Å². The quantitative estimate of drug-likeness (QED) is 0.541. The van der Waals surface area contributed by atoms with Crippen molar-refractivity contribution in [1.29, 1.82) is 0 Å². The highest BCUT2D eigenvalue weighted by Gasteiger charge is 2.51. The number of piperidine rings is 1. The fraction of sp³-hybridized carbons (Fsp3) is 0.643. The average Bonchev–Trinajstić information content (AvgIpc) is 3.18. The Balaban J connectivity index is 1.69. The first-order valence-electron chi connectivity index (χ1n) is 8.61. The van der Waals surface area contributed by atoms with Gasteiger partial charge in [-0.2, -0.15) is 18.6 Å². The summed E-state index contributed by atoms with van der Waals surface area (Å²) in [5.74, 6) is -0.311. The van der Waals surface area contributed by atoms with Crippen LogP contribution >= 0.6 is 0 Å². The normalized spacial score (nSPS) is 25.8. The van der Waals surface area contributed by atoms with Crippen LogP contribution in [0.4, 0.5) is 4.79 Å². The van der Waals surface area contributed by atoms with Crippen molar-refractivity contribution in [2.45, 2.75) is 24.9 Å². The highest BCUT2D eigenvalue weighted by molar-refractivity contribution is 7.80. The number of aromatic nitrogens is 2. The summed E-state index contributed by atoms with van der Waals surface area (Å²) in [6.07, 6.45) is 2.91. The Morgan fingerprint density at radius 3 is 2.74 bits per heavy atom. The summed E-state index contributed by atoms with van der Waals surface area (Å²) in [6.45, 7) is 1.67. The Morgan fingerprint density at radius 2 is 2.11 bits per heavy atom. The van der Waals surface area contributed by atoms with Crippen LogP contribution in [0.3, 0.4) is 0 Å². The second kappa shape index (κ2) is 6.53. The molecule has 12 nitrogen and oxygen atoms in total. The molecule has 1 aromatic rings. The maximum absolute atomic E-state index is 12.8. The van der Waals surface area contributed by atoms with Crippen LogP contribution in [0.1, 0.15) is 41.0 Å². The standard InChI is InChI=1S/C14H20N6O6S/c15-5-10-12-9(6-19(17-12)13(21)8-1-3-16-4-2-8)11-7-18(10)14(22)20(11)26-27(23,24)25/h6,8,10-11,16H,1-5,7,15H2,(H,23,24,25)/t10?,11-/m1/s1. The van der Waals surface area contributed by atoms with E-state index in [0.29, 0.717) is 29.2 Å². The molecule has 1 aromatic heterocycles. The Morgan fingerprint density at radius 1 is 1.41 bits per heavy atom. The van der Waals surface area contributed by atoms with Crippen LogP contribution in [0.25, 0.3) is 0 Å². The minimum Gasteiger partial charge on any atom is -0.328 e. The lowest BCUT2D eigenvalue weighted by molar-refractivity contribution is -0.0317. The number of nitrogens with two attached hydrogens (primary N) is 1. The van der Waals surface area contributed by atoms with Gasteiger partial charge in [0.15, 0.2) is 0 Å². The zero-order valence-electron chi connectivity index (χ0n) is 14.3. The topological polar surface area (TPSA) is 160 Å². The lowest BCUT2D eigenvalue weighted by Gasteiger charge is -2.28. The molecule has 1 unspecified atom stereocenters. The minimum atomic E-state index is -4.89. The molecule has 2 atom stereocenters. The molecule has 0 aromatic carbocycles. The van der Waals surface area contributed by atoms with Crippen LogP contribution in [-0.2, 0) is 14.7 Å². The number of hydroxylamine groups is 2. The third-order valence-electron chi connectivity index (χ3n) is 5.22. The van der Waals surface area contributed by atoms with E-state index in [1.807, 2.05) is 0 Å². The van der Waals surface area contributed by atoms with Gasteiger partial charge in [0.2, 0.25) is 5.91 Å². The van der Waals surface area contributed by atoms with Crippen molar-refractivity contribution in [2.24, 2.45) is 11.7 Å². The maximum Gasteiger partial charge on any atom is 0.418 e. The van der Waals surface area contributed by atoms with E-state index >= 15 is 0 Å². The van der Waals surface area contributed by atoms with Gasteiger partial charge in [0.1, 0.15) is 6.04 Å². The average molecular weight is 400 g/mol. The molecular formula is C14H20N6O6S. The van der Waals surface area contributed by atoms with Gasteiger partial charge in [-0.15, -0.1) is 4.28 Å². The monoisotopic (exact) mass is 400 g/mol. The van der Waals surface area contributed by atoms with Crippen LogP contribution in [0, 0.1) is 5.92 Å². The Bertz CT molecular complexity index is 879. The smallest absolute Gasteiger partial charge is 0.328 e. The summed E-state index contributed by atoms with van der Waals surface area (Å²) >= 11 is 0. The summed E-state index contributed by atoms with van der Waals surface area (Å²) in [5.41, 5.74) is 6.72. The van der Waals surface area contributed by atoms with E-state index < -0.39 is 28.5 Å². The van der Waals surface area contributed by atoms with E-state index in [2.05, 4.69) is 14.7 Å². The van der Waals surface area contributed by atoms with E-state index in [-0.39, 0.29) is 24.9 Å². The van der Waals surface area contributed by atoms with Gasteiger partial charge in [-0.25, -0.2) is 9.48 Å². The largest absolute Gasteiger partial charge is 0.418 e. The van der Waals surface area contributed by atoms with Crippen LogP contribution in [0.2, 0.25) is 0 Å². The second-order valence-corrected chi connectivity index (χ2v) is 7.81. The molecular weight excluding hydrogens is 380 g/mol. The van der Waals surface area contributed by atoms with Crippen molar-refractivity contribution in [2.75, 3.05) is 26.2 Å². The van der Waals surface area contributed by atoms with Crippen molar-refractivity contribution in [3.8, 4) is 0 Å². The zero-order valence-corrected chi connectivity index (χ0v) is 15.1. The molecule has 2 amide bonds. The zero-order chi connectivity index (χ0) is 19.3. The van der Waals surface area contributed by atoms with E-state index in [1.54, 1.807) is 0 Å². The van der Waals surface area contributed by atoms with Gasteiger partial charge in [0.25, 0.3) is 0 Å². The number of amides is 2. The summed E-state index contributed by atoms with van der Waals surface area (Å²) < 4.78 is 36.9. The van der Waals surface area contributed by atoms with Gasteiger partial charge in [-0.05, 0) is 25.9 Å². The van der Waals surface area contributed by atoms with Crippen molar-refractivity contribution < 1.29 is 26.8 Å². The van der Waals surface area contributed by atoms with Gasteiger partial charge in [-0.3, -0.25) is 9.35 Å². The number of hydrogen-bond donors (Lipinski definition) is 3. The van der Waals surface area contributed by atoms with Crippen molar-refractivity contribution in [3.05, 3.63) is 17.5 Å². The Hall–Kier alpha value is -2.06. The first-order valence-corrected chi connectivity index (χ1v) is 9.98. The van der Waals surface area contributed by atoms with Gasteiger partial charge < -0.3 is 16.0 Å². The number of urea groups is 1. The van der Waals surface area contributed by atoms with Gasteiger partial charge >= 0.3 is 16.4 Å². The summed E-state index contributed by atoms with van der Waals surface area (Å²) in [4.78, 5) is 26.6. The molecule has 3 aliphatic heterocycles. The van der Waals surface area contributed by atoms with E-state index in [1.165, 1.54) is 15.8 Å². The number of rotatable bonds is 4. The highest BCUT2D eigenvalue weighted by Crippen LogP contribution is 2.43. The van der Waals surface area contributed by atoms with E-state index in [4.69, 9.17) is 10.3 Å². The number of nitrogens with zero attached hydrogens (tertiary/aromatic N) is 4. The van der Waals surface area contributed by atoms with Crippen LogP contribution in [-0.4, -0.2) is 70.8 Å². The molecule has 4 heterocycles. The molecule has 13 heteroatoms. The Labute approximate surface area is 155 Å². The maximum atomic E-state index is 12.8. The van der Waals surface area contributed by atoms with E-state index in [0.717, 1.165) is 13.1 Å². The number of fused-ring (bicyclic) bond motifs is 4. The summed E-state index contributed by atoms with van der Waals surface area (Å²) in [5, 5.41) is 8.15. The highest BCUT2D eigenvalue weighted by atomic mass is 32.3. The summed E-state index contributed by atoms with van der Waals surface area (Å²) in [7, 11) is -4.89.